The molecular weight excluding hydrogens is 256 g/mol. The van der Waals surface area contributed by atoms with Crippen molar-refractivity contribution in [1.29, 1.82) is 0 Å². The van der Waals surface area contributed by atoms with Gasteiger partial charge in [-0.3, -0.25) is 9.48 Å². The predicted octanol–water partition coefficient (Wildman–Crippen LogP) is 1.20. The van der Waals surface area contributed by atoms with E-state index in [0.717, 1.165) is 16.9 Å². The Hall–Kier alpha value is -2.50. The Kier molecular flexibility index (Phi) is 4.24. The summed E-state index contributed by atoms with van der Waals surface area (Å²) >= 11 is 0. The Labute approximate surface area is 117 Å². The molecular formula is C14H18N4O2. The number of aromatic nitrogens is 2. The Morgan fingerprint density at radius 3 is 2.95 bits per heavy atom. The fourth-order valence-corrected chi connectivity index (χ4v) is 1.87. The second-order valence-corrected chi connectivity index (χ2v) is 4.55. The summed E-state index contributed by atoms with van der Waals surface area (Å²) in [4.78, 5) is 10.7. The number of hydrogen-bond acceptors (Lipinski definition) is 4. The topological polar surface area (TPSA) is 82.2 Å². The first-order chi connectivity index (χ1) is 9.54. The van der Waals surface area contributed by atoms with E-state index in [1.807, 2.05) is 38.4 Å². The highest BCUT2D eigenvalue weighted by Gasteiger charge is 2.03. The zero-order valence-corrected chi connectivity index (χ0v) is 11.6. The number of primary amides is 1. The van der Waals surface area contributed by atoms with Crippen molar-refractivity contribution in [2.24, 2.45) is 12.8 Å². The number of amides is 1. The minimum Gasteiger partial charge on any atom is -0.484 e. The number of carbonyl (C=O) groups is 1. The summed E-state index contributed by atoms with van der Waals surface area (Å²) in [5, 5.41) is 7.58. The smallest absolute Gasteiger partial charge is 0.255 e. The molecule has 0 radical (unpaired) electrons. The van der Waals surface area contributed by atoms with Crippen molar-refractivity contribution in [2.45, 2.75) is 13.5 Å². The predicted molar refractivity (Wildman–Crippen MR) is 76.4 cm³/mol. The first-order valence-electron chi connectivity index (χ1n) is 6.29. The van der Waals surface area contributed by atoms with Crippen LogP contribution in [0.3, 0.4) is 0 Å². The molecule has 6 nitrogen and oxygen atoms in total. The van der Waals surface area contributed by atoms with Gasteiger partial charge in [0, 0.05) is 37.1 Å². The van der Waals surface area contributed by atoms with Crippen LogP contribution in [0.5, 0.6) is 5.75 Å². The summed E-state index contributed by atoms with van der Waals surface area (Å²) in [5.74, 6) is 0.117. The van der Waals surface area contributed by atoms with Crippen LogP contribution in [0.15, 0.2) is 30.5 Å². The molecule has 1 aromatic carbocycles. The van der Waals surface area contributed by atoms with Crippen LogP contribution in [0.1, 0.15) is 11.3 Å². The highest BCUT2D eigenvalue weighted by Crippen LogP contribution is 2.18. The Morgan fingerprint density at radius 2 is 2.30 bits per heavy atom. The molecule has 0 saturated carbocycles. The van der Waals surface area contributed by atoms with Crippen molar-refractivity contribution in [3.8, 4) is 5.75 Å². The maximum Gasteiger partial charge on any atom is 0.255 e. The number of nitrogens with one attached hydrogen (secondary N) is 1. The third-order valence-corrected chi connectivity index (χ3v) is 2.81. The molecule has 0 unspecified atom stereocenters. The van der Waals surface area contributed by atoms with Crippen LogP contribution in [-0.2, 0) is 18.4 Å². The minimum atomic E-state index is -0.491. The van der Waals surface area contributed by atoms with Crippen LogP contribution in [0.4, 0.5) is 5.69 Å². The van der Waals surface area contributed by atoms with Crippen molar-refractivity contribution >= 4 is 11.6 Å². The fraction of sp³-hybridized carbons (Fsp3) is 0.286. The van der Waals surface area contributed by atoms with Crippen LogP contribution in [0, 0.1) is 6.92 Å². The molecule has 0 aliphatic heterocycles. The number of hydrogen-bond donors (Lipinski definition) is 2. The van der Waals surface area contributed by atoms with Gasteiger partial charge in [0.05, 0.1) is 5.69 Å². The zero-order valence-electron chi connectivity index (χ0n) is 11.6. The molecule has 20 heavy (non-hydrogen) atoms. The Bertz CT molecular complexity index is 607. The second kappa shape index (κ2) is 6.10. The van der Waals surface area contributed by atoms with Gasteiger partial charge in [-0.15, -0.1) is 0 Å². The average molecular weight is 274 g/mol. The molecule has 6 heteroatoms. The molecule has 0 atom stereocenters. The van der Waals surface area contributed by atoms with Crippen molar-refractivity contribution < 1.29 is 9.53 Å². The van der Waals surface area contributed by atoms with E-state index in [9.17, 15) is 4.79 Å². The maximum absolute atomic E-state index is 10.7. The Morgan fingerprint density at radius 1 is 1.50 bits per heavy atom. The number of nitrogens with two attached hydrogens (primary N) is 1. The zero-order chi connectivity index (χ0) is 14.5. The summed E-state index contributed by atoms with van der Waals surface area (Å²) in [7, 11) is 1.90. The van der Waals surface area contributed by atoms with Crippen molar-refractivity contribution in [1.82, 2.24) is 9.78 Å². The van der Waals surface area contributed by atoms with Gasteiger partial charge in [0.2, 0.25) is 0 Å². The molecule has 2 aromatic rings. The van der Waals surface area contributed by atoms with E-state index in [1.165, 1.54) is 0 Å². The van der Waals surface area contributed by atoms with Gasteiger partial charge in [0.15, 0.2) is 6.61 Å². The quantitative estimate of drug-likeness (QED) is 0.829. The van der Waals surface area contributed by atoms with Gasteiger partial charge in [0.25, 0.3) is 5.91 Å². The fourth-order valence-electron chi connectivity index (χ4n) is 1.87. The van der Waals surface area contributed by atoms with Gasteiger partial charge < -0.3 is 15.8 Å². The molecule has 1 amide bonds. The first-order valence-corrected chi connectivity index (χ1v) is 6.29. The largest absolute Gasteiger partial charge is 0.484 e. The van der Waals surface area contributed by atoms with Crippen LogP contribution in [-0.4, -0.2) is 22.3 Å². The highest BCUT2D eigenvalue weighted by molar-refractivity contribution is 5.75. The van der Waals surface area contributed by atoms with Crippen LogP contribution >= 0.6 is 0 Å². The lowest BCUT2D eigenvalue weighted by Gasteiger charge is -2.08. The first kappa shape index (κ1) is 13.9. The van der Waals surface area contributed by atoms with Gasteiger partial charge in [-0.1, -0.05) is 6.07 Å². The van der Waals surface area contributed by atoms with E-state index in [-0.39, 0.29) is 6.61 Å². The summed E-state index contributed by atoms with van der Waals surface area (Å²) in [6.45, 7) is 2.54. The lowest BCUT2D eigenvalue weighted by Crippen LogP contribution is -2.20. The number of carbonyl (C=O) groups excluding carboxylic acids is 1. The molecule has 0 aliphatic carbocycles. The molecule has 0 spiro atoms. The Balaban J connectivity index is 1.97. The second-order valence-electron chi connectivity index (χ2n) is 4.55. The van der Waals surface area contributed by atoms with Gasteiger partial charge in [-0.2, -0.15) is 5.10 Å². The normalized spacial score (nSPS) is 10.3. The van der Waals surface area contributed by atoms with Crippen LogP contribution in [0.25, 0.3) is 0 Å². The van der Waals surface area contributed by atoms with Gasteiger partial charge in [-0.05, 0) is 19.1 Å². The number of rotatable bonds is 6. The van der Waals surface area contributed by atoms with E-state index in [2.05, 4.69) is 10.4 Å². The standard InChI is InChI=1S/C14H18N4O2/c1-10-11(8-18(2)17-10)7-16-12-4-3-5-13(6-12)20-9-14(15)19/h3-6,8,16H,7,9H2,1-2H3,(H2,15,19). The third kappa shape index (κ3) is 3.74. The SMILES string of the molecule is Cc1nn(C)cc1CNc1cccc(OCC(N)=O)c1. The van der Waals surface area contributed by atoms with Crippen molar-refractivity contribution in [3.05, 3.63) is 41.7 Å². The lowest BCUT2D eigenvalue weighted by atomic mass is 10.2. The maximum atomic E-state index is 10.7. The number of benzene rings is 1. The molecule has 3 N–H and O–H groups in total. The number of nitrogens with zero attached hydrogens (tertiary/aromatic N) is 2. The molecule has 106 valence electrons. The molecule has 0 fully saturated rings. The highest BCUT2D eigenvalue weighted by atomic mass is 16.5. The monoisotopic (exact) mass is 274 g/mol. The van der Waals surface area contributed by atoms with Crippen LogP contribution in [0.2, 0.25) is 0 Å². The summed E-state index contributed by atoms with van der Waals surface area (Å²) < 4.78 is 7.05. The van der Waals surface area contributed by atoms with Gasteiger partial charge in [0.1, 0.15) is 5.75 Å². The van der Waals surface area contributed by atoms with Crippen molar-refractivity contribution in [2.75, 3.05) is 11.9 Å². The van der Waals surface area contributed by atoms with E-state index in [0.29, 0.717) is 12.3 Å². The van der Waals surface area contributed by atoms with E-state index < -0.39 is 5.91 Å². The average Bonchev–Trinajstić information content (AvgIpc) is 2.73. The molecule has 0 saturated heterocycles. The molecule has 0 aliphatic rings. The van der Waals surface area contributed by atoms with Crippen LogP contribution < -0.4 is 15.8 Å². The molecule has 1 heterocycles. The van der Waals surface area contributed by atoms with Crippen molar-refractivity contribution in [3.63, 3.8) is 0 Å². The number of ether oxygens (including phenoxy) is 1. The molecule has 1 aromatic heterocycles. The van der Waals surface area contributed by atoms with E-state index in [1.54, 1.807) is 10.7 Å². The summed E-state index contributed by atoms with van der Waals surface area (Å²) in [6, 6.07) is 7.40. The molecule has 2 rings (SSSR count). The lowest BCUT2D eigenvalue weighted by molar-refractivity contribution is -0.119. The molecule has 0 bridgehead atoms. The number of aryl methyl sites for hydroxylation is 2. The van der Waals surface area contributed by atoms with Gasteiger partial charge >= 0.3 is 0 Å². The van der Waals surface area contributed by atoms with Gasteiger partial charge in [-0.25, -0.2) is 0 Å². The number of anilines is 1. The van der Waals surface area contributed by atoms with E-state index in [4.69, 9.17) is 10.5 Å². The minimum absolute atomic E-state index is 0.120. The summed E-state index contributed by atoms with van der Waals surface area (Å²) in [6.07, 6.45) is 1.98. The van der Waals surface area contributed by atoms with E-state index >= 15 is 0 Å². The third-order valence-electron chi connectivity index (χ3n) is 2.81. The summed E-state index contributed by atoms with van der Waals surface area (Å²) in [5.41, 5.74) is 8.09.